The third-order valence-electron chi connectivity index (χ3n) is 7.06. The van der Waals surface area contributed by atoms with E-state index in [1.54, 1.807) is 36.4 Å². The lowest BCUT2D eigenvalue weighted by atomic mass is 9.95. The zero-order valence-corrected chi connectivity index (χ0v) is 26.3. The summed E-state index contributed by atoms with van der Waals surface area (Å²) in [6.07, 6.45) is 2.93. The van der Waals surface area contributed by atoms with Gasteiger partial charge in [-0.25, -0.2) is 8.78 Å². The maximum Gasteiger partial charge on any atom is 0.301 e. The van der Waals surface area contributed by atoms with E-state index in [2.05, 4.69) is 17.1 Å². The predicted molar refractivity (Wildman–Crippen MR) is 170 cm³/mol. The minimum absolute atomic E-state index is 0.120. The SMILES string of the molecule is CCCCCOc1ccc(C2C(=C(O)c3ccc(F)cc3)C(=O)C(=O)N2c2nnc(SCc3ccccc3F)s2)cc1OCC. The number of hydrogen-bond donors (Lipinski definition) is 1. The number of halogens is 2. The first-order valence-electron chi connectivity index (χ1n) is 14.5. The van der Waals surface area contributed by atoms with E-state index in [4.69, 9.17) is 9.47 Å². The van der Waals surface area contributed by atoms with E-state index in [0.29, 0.717) is 40.2 Å². The first kappa shape index (κ1) is 32.1. The fraction of sp³-hybridized carbons (Fsp3) is 0.273. The van der Waals surface area contributed by atoms with Gasteiger partial charge in [0, 0.05) is 11.3 Å². The van der Waals surface area contributed by atoms with E-state index in [1.165, 1.54) is 34.9 Å². The number of unbranched alkanes of at least 4 members (excludes halogenated alkanes) is 2. The number of thioether (sulfide) groups is 1. The highest BCUT2D eigenvalue weighted by Gasteiger charge is 2.48. The summed E-state index contributed by atoms with van der Waals surface area (Å²) in [4.78, 5) is 28.4. The van der Waals surface area contributed by atoms with Gasteiger partial charge in [0.25, 0.3) is 5.78 Å². The molecule has 1 saturated heterocycles. The van der Waals surface area contributed by atoms with E-state index in [-0.39, 0.29) is 27.8 Å². The molecule has 234 valence electrons. The Morgan fingerprint density at radius 3 is 2.49 bits per heavy atom. The summed E-state index contributed by atoms with van der Waals surface area (Å²) >= 11 is 2.31. The highest BCUT2D eigenvalue weighted by atomic mass is 32.2. The van der Waals surface area contributed by atoms with Crippen LogP contribution in [-0.2, 0) is 15.3 Å². The Bertz CT molecular complexity index is 1710. The summed E-state index contributed by atoms with van der Waals surface area (Å²) in [5, 5.41) is 19.9. The number of nitrogens with zero attached hydrogens (tertiary/aromatic N) is 3. The van der Waals surface area contributed by atoms with Crippen molar-refractivity contribution in [3.8, 4) is 11.5 Å². The Hall–Kier alpha value is -4.29. The number of Topliss-reactive ketones (excluding diaryl/α,β-unsaturated/α-hetero) is 1. The van der Waals surface area contributed by atoms with Crippen LogP contribution in [0.2, 0.25) is 0 Å². The van der Waals surface area contributed by atoms with Gasteiger partial charge in [-0.2, -0.15) is 0 Å². The van der Waals surface area contributed by atoms with Crippen molar-refractivity contribution in [2.45, 2.75) is 49.2 Å². The number of aliphatic hydroxyl groups excluding tert-OH is 1. The number of carbonyl (C=O) groups is 2. The number of anilines is 1. The van der Waals surface area contributed by atoms with Crippen molar-refractivity contribution in [2.75, 3.05) is 18.1 Å². The first-order chi connectivity index (χ1) is 21.8. The minimum Gasteiger partial charge on any atom is -0.507 e. The molecule has 3 aromatic carbocycles. The van der Waals surface area contributed by atoms with Crippen LogP contribution in [0.4, 0.5) is 13.9 Å². The Kier molecular flexibility index (Phi) is 10.5. The van der Waals surface area contributed by atoms with Gasteiger partial charge in [-0.15, -0.1) is 10.2 Å². The molecule has 1 aliphatic heterocycles. The van der Waals surface area contributed by atoms with Crippen molar-refractivity contribution < 1.29 is 33.0 Å². The van der Waals surface area contributed by atoms with Gasteiger partial charge in [0.2, 0.25) is 5.13 Å². The summed E-state index contributed by atoms with van der Waals surface area (Å²) in [5.74, 6) is -1.97. The first-order valence-corrected chi connectivity index (χ1v) is 16.3. The van der Waals surface area contributed by atoms with Gasteiger partial charge in [0.15, 0.2) is 15.8 Å². The molecule has 0 aliphatic carbocycles. The highest BCUT2D eigenvalue weighted by Crippen LogP contribution is 2.45. The van der Waals surface area contributed by atoms with E-state index >= 15 is 0 Å². The molecule has 0 spiro atoms. The number of aromatic nitrogens is 2. The fourth-order valence-electron chi connectivity index (χ4n) is 4.84. The van der Waals surface area contributed by atoms with Gasteiger partial charge in [0.05, 0.1) is 24.8 Å². The lowest BCUT2D eigenvalue weighted by Gasteiger charge is -2.23. The lowest BCUT2D eigenvalue weighted by molar-refractivity contribution is -0.132. The molecule has 0 bridgehead atoms. The number of ketones is 1. The summed E-state index contributed by atoms with van der Waals surface area (Å²) in [7, 11) is 0. The van der Waals surface area contributed by atoms with Crippen molar-refractivity contribution in [3.63, 3.8) is 0 Å². The number of hydrogen-bond acceptors (Lipinski definition) is 9. The smallest absolute Gasteiger partial charge is 0.301 e. The van der Waals surface area contributed by atoms with Crippen molar-refractivity contribution in [3.05, 3.63) is 101 Å². The number of ether oxygens (including phenoxy) is 2. The third-order valence-corrected chi connectivity index (χ3v) is 9.17. The predicted octanol–water partition coefficient (Wildman–Crippen LogP) is 7.70. The molecule has 8 nitrogen and oxygen atoms in total. The summed E-state index contributed by atoms with van der Waals surface area (Å²) < 4.78 is 40.2. The molecule has 12 heteroatoms. The molecule has 5 rings (SSSR count). The Labute approximate surface area is 267 Å². The standard InChI is InChI=1S/C33H31F2N3O5S2/c1-3-5-8-17-43-25-16-13-21(18-26(25)42-4-2)28-27(29(39)20-11-14-23(34)15-12-20)30(40)31(41)38(28)32-36-37-33(45-32)44-19-22-9-6-7-10-24(22)35/h6-7,9-16,18,28,39H,3-5,8,17,19H2,1-2H3. The molecule has 0 radical (unpaired) electrons. The van der Waals surface area contributed by atoms with Crippen LogP contribution in [0, 0.1) is 11.6 Å². The molecule has 1 N–H and O–H groups in total. The summed E-state index contributed by atoms with van der Waals surface area (Å²) in [6, 6.07) is 15.3. The number of amides is 1. The van der Waals surface area contributed by atoms with E-state index < -0.39 is 29.3 Å². The number of rotatable bonds is 13. The molecule has 4 aromatic rings. The maximum atomic E-state index is 14.2. The van der Waals surface area contributed by atoms with E-state index in [1.807, 2.05) is 6.92 Å². The Morgan fingerprint density at radius 2 is 1.76 bits per heavy atom. The van der Waals surface area contributed by atoms with Gasteiger partial charge in [-0.3, -0.25) is 14.5 Å². The molecule has 1 unspecified atom stereocenters. The number of benzene rings is 3. The second kappa shape index (κ2) is 14.7. The Morgan fingerprint density at radius 1 is 0.978 bits per heavy atom. The molecule has 1 fully saturated rings. The molecule has 1 aliphatic rings. The molecule has 1 atom stereocenters. The van der Waals surface area contributed by atoms with Crippen LogP contribution in [0.25, 0.3) is 5.76 Å². The molecule has 2 heterocycles. The Balaban J connectivity index is 1.55. The topological polar surface area (TPSA) is 102 Å². The van der Waals surface area contributed by atoms with Gasteiger partial charge in [-0.1, -0.05) is 67.1 Å². The van der Waals surface area contributed by atoms with Gasteiger partial charge >= 0.3 is 5.91 Å². The zero-order chi connectivity index (χ0) is 31.9. The third kappa shape index (κ3) is 7.18. The van der Waals surface area contributed by atoms with Crippen LogP contribution in [0.3, 0.4) is 0 Å². The number of aliphatic hydroxyl groups is 1. The van der Waals surface area contributed by atoms with Crippen molar-refractivity contribution >= 4 is 45.7 Å². The zero-order valence-electron chi connectivity index (χ0n) is 24.7. The highest BCUT2D eigenvalue weighted by molar-refractivity contribution is 8.00. The maximum absolute atomic E-state index is 14.2. The van der Waals surface area contributed by atoms with Crippen molar-refractivity contribution in [1.29, 1.82) is 0 Å². The van der Waals surface area contributed by atoms with Gasteiger partial charge < -0.3 is 14.6 Å². The lowest BCUT2D eigenvalue weighted by Crippen LogP contribution is -2.29. The van der Waals surface area contributed by atoms with Crippen LogP contribution in [0.5, 0.6) is 11.5 Å². The van der Waals surface area contributed by atoms with Crippen LogP contribution in [-0.4, -0.2) is 40.2 Å². The molecule has 45 heavy (non-hydrogen) atoms. The van der Waals surface area contributed by atoms with Gasteiger partial charge in [-0.05, 0) is 66.9 Å². The second-order valence-electron chi connectivity index (χ2n) is 10.1. The summed E-state index contributed by atoms with van der Waals surface area (Å²) in [5.41, 5.74) is 0.914. The van der Waals surface area contributed by atoms with Gasteiger partial charge in [0.1, 0.15) is 17.4 Å². The molecular formula is C33H31F2N3O5S2. The summed E-state index contributed by atoms with van der Waals surface area (Å²) in [6.45, 7) is 4.76. The fourth-order valence-corrected chi connectivity index (χ4v) is 6.69. The molecule has 1 aromatic heterocycles. The normalized spacial score (nSPS) is 15.9. The largest absolute Gasteiger partial charge is 0.507 e. The average molecular weight is 652 g/mol. The van der Waals surface area contributed by atoms with E-state index in [0.717, 1.165) is 42.7 Å². The molecular weight excluding hydrogens is 621 g/mol. The van der Waals surface area contributed by atoms with Crippen LogP contribution >= 0.6 is 23.1 Å². The van der Waals surface area contributed by atoms with Crippen LogP contribution < -0.4 is 14.4 Å². The van der Waals surface area contributed by atoms with Crippen molar-refractivity contribution in [1.82, 2.24) is 10.2 Å². The molecule has 1 amide bonds. The second-order valence-corrected chi connectivity index (χ2v) is 12.3. The minimum atomic E-state index is -1.11. The number of carbonyl (C=O) groups excluding carboxylic acids is 2. The van der Waals surface area contributed by atoms with Crippen LogP contribution in [0.1, 0.15) is 55.8 Å². The monoisotopic (exact) mass is 651 g/mol. The quantitative estimate of drug-likeness (QED) is 0.0392. The van der Waals surface area contributed by atoms with E-state index in [9.17, 15) is 23.5 Å². The molecule has 0 saturated carbocycles. The average Bonchev–Trinajstić information content (AvgIpc) is 3.61. The van der Waals surface area contributed by atoms with Crippen LogP contribution in [0.15, 0.2) is 76.6 Å². The van der Waals surface area contributed by atoms with Crippen molar-refractivity contribution in [2.24, 2.45) is 0 Å².